The molecule has 0 aromatic carbocycles. The fourth-order valence-electron chi connectivity index (χ4n) is 4.14. The van der Waals surface area contributed by atoms with Gasteiger partial charge in [-0.3, -0.25) is 14.9 Å². The van der Waals surface area contributed by atoms with Gasteiger partial charge in [0.15, 0.2) is 0 Å². The highest BCUT2D eigenvalue weighted by molar-refractivity contribution is 6.07. The average Bonchev–Trinajstić information content (AvgIpc) is 3.31. The Labute approximate surface area is 168 Å². The minimum atomic E-state index is -0.834. The van der Waals surface area contributed by atoms with Crippen LogP contribution in [0.3, 0.4) is 0 Å². The van der Waals surface area contributed by atoms with Crippen LogP contribution in [-0.4, -0.2) is 66.9 Å². The van der Waals surface area contributed by atoms with Gasteiger partial charge in [-0.1, -0.05) is 0 Å². The van der Waals surface area contributed by atoms with Gasteiger partial charge in [-0.2, -0.15) is 0 Å². The molecule has 2 saturated heterocycles. The Kier molecular flexibility index (Phi) is 4.94. The van der Waals surface area contributed by atoms with Gasteiger partial charge in [0.2, 0.25) is 5.96 Å². The minimum Gasteiger partial charge on any atom is -0.424 e. The summed E-state index contributed by atoms with van der Waals surface area (Å²) in [5.74, 6) is 0.522. The number of aryl methyl sites for hydroxylation is 1. The van der Waals surface area contributed by atoms with Crippen molar-refractivity contribution in [2.45, 2.75) is 44.2 Å². The Morgan fingerprint density at radius 3 is 2.59 bits per heavy atom. The molecule has 0 saturated carbocycles. The lowest BCUT2D eigenvalue weighted by molar-refractivity contribution is -0.125. The molecular formula is C20H26N4O5. The SMILES string of the molecule is Cc1cc(C2CCCO2)oc(=O)c1C(=O)N1CCC2(CC1)N=C(N(C)C)NC2=O. The van der Waals surface area contributed by atoms with Gasteiger partial charge >= 0.3 is 5.63 Å². The molecule has 4 rings (SSSR count). The van der Waals surface area contributed by atoms with Crippen LogP contribution < -0.4 is 10.9 Å². The van der Waals surface area contributed by atoms with E-state index in [0.29, 0.717) is 49.8 Å². The van der Waals surface area contributed by atoms with Crippen LogP contribution in [0.4, 0.5) is 0 Å². The Bertz CT molecular complexity index is 921. The number of carbonyl (C=O) groups excluding carboxylic acids is 2. The zero-order valence-electron chi connectivity index (χ0n) is 17.0. The van der Waals surface area contributed by atoms with E-state index in [9.17, 15) is 14.4 Å². The second kappa shape index (κ2) is 7.29. The molecule has 1 unspecified atom stereocenters. The lowest BCUT2D eigenvalue weighted by Gasteiger charge is -2.35. The van der Waals surface area contributed by atoms with Crippen LogP contribution in [0.15, 0.2) is 20.3 Å². The number of carbonyl (C=O) groups is 2. The molecular weight excluding hydrogens is 376 g/mol. The highest BCUT2D eigenvalue weighted by atomic mass is 16.5. The van der Waals surface area contributed by atoms with E-state index >= 15 is 0 Å². The Balaban J connectivity index is 1.50. The minimum absolute atomic E-state index is 0.0519. The zero-order chi connectivity index (χ0) is 20.8. The van der Waals surface area contributed by atoms with E-state index in [1.165, 1.54) is 0 Å². The molecule has 0 aliphatic carbocycles. The maximum atomic E-state index is 13.0. The van der Waals surface area contributed by atoms with Crippen LogP contribution in [0, 0.1) is 6.92 Å². The van der Waals surface area contributed by atoms with Gasteiger partial charge in [0.25, 0.3) is 11.8 Å². The molecule has 1 N–H and O–H groups in total. The van der Waals surface area contributed by atoms with Crippen LogP contribution in [0.1, 0.15) is 53.5 Å². The molecule has 9 heteroatoms. The van der Waals surface area contributed by atoms with Gasteiger partial charge in [0.1, 0.15) is 23.0 Å². The van der Waals surface area contributed by atoms with Gasteiger partial charge < -0.3 is 19.0 Å². The van der Waals surface area contributed by atoms with E-state index in [4.69, 9.17) is 9.15 Å². The number of likely N-dealkylation sites (tertiary alicyclic amines) is 1. The summed E-state index contributed by atoms with van der Waals surface area (Å²) in [6.07, 6.45) is 2.35. The highest BCUT2D eigenvalue weighted by Gasteiger charge is 2.47. The van der Waals surface area contributed by atoms with Crippen molar-refractivity contribution in [2.75, 3.05) is 33.8 Å². The number of nitrogens with zero attached hydrogens (tertiary/aromatic N) is 3. The van der Waals surface area contributed by atoms with Crippen LogP contribution in [0.5, 0.6) is 0 Å². The van der Waals surface area contributed by atoms with E-state index < -0.39 is 11.2 Å². The summed E-state index contributed by atoms with van der Waals surface area (Å²) in [4.78, 5) is 46.0. The first-order chi connectivity index (χ1) is 13.8. The van der Waals surface area contributed by atoms with Crippen molar-refractivity contribution in [2.24, 2.45) is 4.99 Å². The Morgan fingerprint density at radius 2 is 2.03 bits per heavy atom. The van der Waals surface area contributed by atoms with Crippen molar-refractivity contribution in [3.63, 3.8) is 0 Å². The summed E-state index contributed by atoms with van der Waals surface area (Å²) in [7, 11) is 3.64. The predicted octanol–water partition coefficient (Wildman–Crippen LogP) is 0.822. The largest absolute Gasteiger partial charge is 0.424 e. The van der Waals surface area contributed by atoms with E-state index in [1.54, 1.807) is 22.8 Å². The third-order valence-corrected chi connectivity index (χ3v) is 5.90. The average molecular weight is 402 g/mol. The van der Waals surface area contributed by atoms with Crippen LogP contribution in [0.25, 0.3) is 0 Å². The van der Waals surface area contributed by atoms with E-state index in [0.717, 1.165) is 12.8 Å². The molecule has 156 valence electrons. The number of aliphatic imine (C=N–C) groups is 1. The van der Waals surface area contributed by atoms with Gasteiger partial charge in [-0.15, -0.1) is 0 Å². The maximum absolute atomic E-state index is 13.0. The molecule has 1 aromatic heterocycles. The monoisotopic (exact) mass is 402 g/mol. The first kappa shape index (κ1) is 19.6. The Hall–Kier alpha value is -2.68. The molecule has 3 aliphatic heterocycles. The number of hydrogen-bond acceptors (Lipinski definition) is 7. The van der Waals surface area contributed by atoms with E-state index in [1.807, 2.05) is 14.1 Å². The molecule has 1 atom stereocenters. The maximum Gasteiger partial charge on any atom is 0.349 e. The number of hydrogen-bond donors (Lipinski definition) is 1. The van der Waals surface area contributed by atoms with Gasteiger partial charge in [0, 0.05) is 33.8 Å². The third kappa shape index (κ3) is 3.43. The fraction of sp³-hybridized carbons (Fsp3) is 0.600. The number of rotatable bonds is 2. The van der Waals surface area contributed by atoms with Crippen molar-refractivity contribution < 1.29 is 18.7 Å². The van der Waals surface area contributed by atoms with Crippen molar-refractivity contribution >= 4 is 17.8 Å². The molecule has 0 bridgehead atoms. The van der Waals surface area contributed by atoms with Crippen molar-refractivity contribution in [1.29, 1.82) is 0 Å². The number of nitrogens with one attached hydrogen (secondary N) is 1. The molecule has 1 aromatic rings. The first-order valence-corrected chi connectivity index (χ1v) is 9.95. The number of guanidine groups is 1. The van der Waals surface area contributed by atoms with Crippen molar-refractivity contribution in [3.8, 4) is 0 Å². The molecule has 9 nitrogen and oxygen atoms in total. The van der Waals surface area contributed by atoms with E-state index in [-0.39, 0.29) is 23.5 Å². The van der Waals surface area contributed by atoms with Gasteiger partial charge in [-0.25, -0.2) is 9.79 Å². The lowest BCUT2D eigenvalue weighted by Crippen LogP contribution is -2.51. The quantitative estimate of drug-likeness (QED) is 0.786. The van der Waals surface area contributed by atoms with Crippen molar-refractivity contribution in [3.05, 3.63) is 33.4 Å². The van der Waals surface area contributed by atoms with Gasteiger partial charge in [-0.05, 0) is 44.2 Å². The second-order valence-corrected chi connectivity index (χ2v) is 8.10. The molecule has 2 fully saturated rings. The number of ether oxygens (including phenoxy) is 1. The number of piperidine rings is 1. The standard InChI is InChI=1S/C20H26N4O5/c1-12-11-14(13-5-4-10-28-13)29-17(26)15(12)16(25)24-8-6-20(7-9-24)18(27)21-19(22-20)23(2)3/h11,13H,4-10H2,1-3H3,(H,21,22,27). The predicted molar refractivity (Wildman–Crippen MR) is 105 cm³/mol. The molecule has 1 spiro atoms. The second-order valence-electron chi connectivity index (χ2n) is 8.10. The van der Waals surface area contributed by atoms with Crippen molar-refractivity contribution in [1.82, 2.24) is 15.1 Å². The van der Waals surface area contributed by atoms with Crippen LogP contribution >= 0.6 is 0 Å². The molecule has 4 heterocycles. The Morgan fingerprint density at radius 1 is 1.31 bits per heavy atom. The highest BCUT2D eigenvalue weighted by Crippen LogP contribution is 2.32. The van der Waals surface area contributed by atoms with E-state index in [2.05, 4.69) is 10.3 Å². The summed E-state index contributed by atoms with van der Waals surface area (Å²) >= 11 is 0. The zero-order valence-corrected chi connectivity index (χ0v) is 17.0. The lowest BCUT2D eigenvalue weighted by atomic mass is 9.87. The third-order valence-electron chi connectivity index (χ3n) is 5.90. The molecule has 2 amide bonds. The van der Waals surface area contributed by atoms with Crippen LogP contribution in [0.2, 0.25) is 0 Å². The van der Waals surface area contributed by atoms with Gasteiger partial charge in [0.05, 0.1) is 0 Å². The summed E-state index contributed by atoms with van der Waals surface area (Å²) < 4.78 is 11.0. The topological polar surface area (TPSA) is 104 Å². The number of amides is 2. The summed E-state index contributed by atoms with van der Waals surface area (Å²) in [5, 5.41) is 2.80. The summed E-state index contributed by atoms with van der Waals surface area (Å²) in [6.45, 7) is 3.09. The molecule has 0 radical (unpaired) electrons. The smallest absolute Gasteiger partial charge is 0.349 e. The first-order valence-electron chi connectivity index (χ1n) is 9.95. The normalized spacial score (nSPS) is 23.3. The molecule has 29 heavy (non-hydrogen) atoms. The van der Waals surface area contributed by atoms with Crippen LogP contribution in [-0.2, 0) is 9.53 Å². The molecule has 3 aliphatic rings. The fourth-order valence-corrected chi connectivity index (χ4v) is 4.14. The summed E-state index contributed by atoms with van der Waals surface area (Å²) in [5.41, 5.74) is -0.827. The summed E-state index contributed by atoms with van der Waals surface area (Å²) in [6, 6.07) is 1.73.